The van der Waals surface area contributed by atoms with Crippen molar-refractivity contribution in [3.8, 4) is 17.6 Å². The van der Waals surface area contributed by atoms with Crippen molar-refractivity contribution in [1.29, 1.82) is 5.26 Å². The standard InChI is InChI=1S/C21H20BrN3O5/c1-13(2)24-21(26)16(11-23)8-15-9-19(29-3)20(10-18(15)22)30-12-14-5-4-6-17(7-14)25(27)28/h4-10,13H,12H2,1-3H3,(H,24,26)/b16-8-. The molecule has 0 spiro atoms. The van der Waals surface area contributed by atoms with Crippen molar-refractivity contribution in [3.05, 3.63) is 67.7 Å². The Labute approximate surface area is 182 Å². The van der Waals surface area contributed by atoms with E-state index in [0.29, 0.717) is 27.1 Å². The van der Waals surface area contributed by atoms with Crippen LogP contribution in [0.4, 0.5) is 5.69 Å². The summed E-state index contributed by atoms with van der Waals surface area (Å²) in [6.07, 6.45) is 1.45. The van der Waals surface area contributed by atoms with Gasteiger partial charge in [-0.3, -0.25) is 14.9 Å². The number of carbonyl (C=O) groups excluding carboxylic acids is 1. The van der Waals surface area contributed by atoms with Crippen LogP contribution in [0.25, 0.3) is 6.08 Å². The number of nitriles is 1. The Morgan fingerprint density at radius 3 is 2.67 bits per heavy atom. The molecule has 0 atom stereocenters. The molecule has 0 saturated carbocycles. The van der Waals surface area contributed by atoms with Gasteiger partial charge in [-0.25, -0.2) is 0 Å². The van der Waals surface area contributed by atoms with E-state index in [-0.39, 0.29) is 23.9 Å². The van der Waals surface area contributed by atoms with Crippen LogP contribution in [0.15, 0.2) is 46.4 Å². The minimum atomic E-state index is -0.468. The van der Waals surface area contributed by atoms with E-state index in [1.807, 2.05) is 6.07 Å². The van der Waals surface area contributed by atoms with Crippen LogP contribution < -0.4 is 14.8 Å². The number of nitrogens with one attached hydrogen (secondary N) is 1. The van der Waals surface area contributed by atoms with Gasteiger partial charge in [0, 0.05) is 22.6 Å². The molecule has 0 aliphatic rings. The van der Waals surface area contributed by atoms with Crippen molar-refractivity contribution in [2.75, 3.05) is 7.11 Å². The molecule has 0 aliphatic heterocycles. The van der Waals surface area contributed by atoms with Gasteiger partial charge in [-0.1, -0.05) is 28.1 Å². The van der Waals surface area contributed by atoms with Gasteiger partial charge < -0.3 is 14.8 Å². The average molecular weight is 474 g/mol. The van der Waals surface area contributed by atoms with E-state index in [1.54, 1.807) is 38.1 Å². The van der Waals surface area contributed by atoms with E-state index >= 15 is 0 Å². The summed E-state index contributed by atoms with van der Waals surface area (Å²) >= 11 is 3.41. The number of benzene rings is 2. The highest BCUT2D eigenvalue weighted by atomic mass is 79.9. The maximum Gasteiger partial charge on any atom is 0.269 e. The first kappa shape index (κ1) is 22.9. The second kappa shape index (κ2) is 10.4. The number of halogens is 1. The lowest BCUT2D eigenvalue weighted by Gasteiger charge is -2.13. The first-order chi connectivity index (χ1) is 14.2. The Balaban J connectivity index is 2.28. The number of nitro benzene ring substituents is 1. The van der Waals surface area contributed by atoms with Gasteiger partial charge in [-0.15, -0.1) is 0 Å². The number of amides is 1. The van der Waals surface area contributed by atoms with Gasteiger partial charge in [0.15, 0.2) is 11.5 Å². The summed E-state index contributed by atoms with van der Waals surface area (Å²) in [6.45, 7) is 3.71. The number of non-ortho nitro benzene ring substituents is 1. The molecule has 0 fully saturated rings. The third-order valence-corrected chi connectivity index (χ3v) is 4.57. The normalized spacial score (nSPS) is 11.0. The van der Waals surface area contributed by atoms with Crippen molar-refractivity contribution in [2.24, 2.45) is 0 Å². The van der Waals surface area contributed by atoms with Gasteiger partial charge in [0.25, 0.3) is 11.6 Å². The van der Waals surface area contributed by atoms with Crippen LogP contribution in [-0.4, -0.2) is 24.0 Å². The molecule has 0 radical (unpaired) electrons. The van der Waals surface area contributed by atoms with Crippen LogP contribution in [0.2, 0.25) is 0 Å². The lowest BCUT2D eigenvalue weighted by molar-refractivity contribution is -0.384. The molecule has 0 bridgehead atoms. The lowest BCUT2D eigenvalue weighted by atomic mass is 10.1. The zero-order chi connectivity index (χ0) is 22.3. The van der Waals surface area contributed by atoms with Gasteiger partial charge in [0.1, 0.15) is 18.2 Å². The first-order valence-electron chi connectivity index (χ1n) is 8.91. The number of methoxy groups -OCH3 is 1. The summed E-state index contributed by atoms with van der Waals surface area (Å²) in [7, 11) is 1.47. The molecule has 156 valence electrons. The van der Waals surface area contributed by atoms with E-state index < -0.39 is 10.8 Å². The summed E-state index contributed by atoms with van der Waals surface area (Å²) < 4.78 is 11.7. The molecular formula is C21H20BrN3O5. The van der Waals surface area contributed by atoms with E-state index in [0.717, 1.165) is 0 Å². The van der Waals surface area contributed by atoms with Gasteiger partial charge >= 0.3 is 0 Å². The van der Waals surface area contributed by atoms with Crippen LogP contribution in [0.5, 0.6) is 11.5 Å². The van der Waals surface area contributed by atoms with Crippen molar-refractivity contribution < 1.29 is 19.2 Å². The minimum absolute atomic E-state index is 0.0200. The van der Waals surface area contributed by atoms with E-state index in [1.165, 1.54) is 25.3 Å². The van der Waals surface area contributed by atoms with E-state index in [2.05, 4.69) is 21.2 Å². The smallest absolute Gasteiger partial charge is 0.269 e. The number of hydrogen-bond donors (Lipinski definition) is 1. The molecule has 0 aliphatic carbocycles. The lowest BCUT2D eigenvalue weighted by Crippen LogP contribution is -2.30. The quantitative estimate of drug-likeness (QED) is 0.263. The maximum absolute atomic E-state index is 12.1. The van der Waals surface area contributed by atoms with Gasteiger partial charge in [0.2, 0.25) is 0 Å². The summed E-state index contributed by atoms with van der Waals surface area (Å²) in [5, 5.41) is 22.9. The third kappa shape index (κ3) is 6.06. The largest absolute Gasteiger partial charge is 0.493 e. The second-order valence-electron chi connectivity index (χ2n) is 6.54. The minimum Gasteiger partial charge on any atom is -0.493 e. The molecule has 2 aromatic rings. The number of hydrogen-bond acceptors (Lipinski definition) is 6. The Bertz CT molecular complexity index is 1030. The van der Waals surface area contributed by atoms with Crippen molar-refractivity contribution in [2.45, 2.75) is 26.5 Å². The second-order valence-corrected chi connectivity index (χ2v) is 7.39. The number of ether oxygens (including phenoxy) is 2. The molecule has 0 unspecified atom stereocenters. The number of rotatable bonds is 8. The molecule has 2 rings (SSSR count). The molecule has 30 heavy (non-hydrogen) atoms. The molecule has 2 aromatic carbocycles. The molecule has 0 aromatic heterocycles. The van der Waals surface area contributed by atoms with Crippen molar-refractivity contribution in [3.63, 3.8) is 0 Å². The SMILES string of the molecule is COc1cc(/C=C(/C#N)C(=O)NC(C)C)c(Br)cc1OCc1cccc([N+](=O)[O-])c1. The molecule has 9 heteroatoms. The molecule has 1 N–H and O–H groups in total. The van der Waals surface area contributed by atoms with Crippen LogP contribution in [0.3, 0.4) is 0 Å². The highest BCUT2D eigenvalue weighted by molar-refractivity contribution is 9.10. The van der Waals surface area contributed by atoms with E-state index in [4.69, 9.17) is 9.47 Å². The maximum atomic E-state index is 12.1. The molecular weight excluding hydrogens is 454 g/mol. The molecule has 8 nitrogen and oxygen atoms in total. The third-order valence-electron chi connectivity index (χ3n) is 3.88. The van der Waals surface area contributed by atoms with Crippen molar-refractivity contribution >= 4 is 33.6 Å². The van der Waals surface area contributed by atoms with Crippen LogP contribution >= 0.6 is 15.9 Å². The van der Waals surface area contributed by atoms with Crippen LogP contribution in [0, 0.1) is 21.4 Å². The predicted octanol–water partition coefficient (Wildman–Crippen LogP) is 4.38. The highest BCUT2D eigenvalue weighted by Gasteiger charge is 2.14. The number of nitro groups is 1. The summed E-state index contributed by atoms with van der Waals surface area (Å²) in [4.78, 5) is 22.6. The average Bonchev–Trinajstić information content (AvgIpc) is 2.71. The van der Waals surface area contributed by atoms with Crippen LogP contribution in [0.1, 0.15) is 25.0 Å². The Kier molecular flexibility index (Phi) is 7.95. The van der Waals surface area contributed by atoms with Gasteiger partial charge in [0.05, 0.1) is 12.0 Å². The molecule has 1 amide bonds. The molecule has 0 saturated heterocycles. The fraction of sp³-hybridized carbons (Fsp3) is 0.238. The fourth-order valence-corrected chi connectivity index (χ4v) is 2.94. The summed E-state index contributed by atoms with van der Waals surface area (Å²) in [5.74, 6) is 0.318. The van der Waals surface area contributed by atoms with Crippen molar-refractivity contribution in [1.82, 2.24) is 5.32 Å². The highest BCUT2D eigenvalue weighted by Crippen LogP contribution is 2.35. The monoisotopic (exact) mass is 473 g/mol. The fourth-order valence-electron chi connectivity index (χ4n) is 2.50. The Morgan fingerprint density at radius 1 is 1.33 bits per heavy atom. The zero-order valence-electron chi connectivity index (χ0n) is 16.6. The number of carbonyl (C=O) groups is 1. The number of nitrogens with zero attached hydrogens (tertiary/aromatic N) is 2. The van der Waals surface area contributed by atoms with Crippen LogP contribution in [-0.2, 0) is 11.4 Å². The summed E-state index contributed by atoms with van der Waals surface area (Å²) in [6, 6.07) is 11.2. The molecule has 0 heterocycles. The topological polar surface area (TPSA) is 114 Å². The predicted molar refractivity (Wildman–Crippen MR) is 115 cm³/mol. The zero-order valence-corrected chi connectivity index (χ0v) is 18.2. The van der Waals surface area contributed by atoms with E-state index in [9.17, 15) is 20.2 Å². The Morgan fingerprint density at radius 2 is 2.07 bits per heavy atom. The summed E-state index contributed by atoms with van der Waals surface area (Å²) in [5.41, 5.74) is 1.12. The van der Waals surface area contributed by atoms with Gasteiger partial charge in [-0.2, -0.15) is 5.26 Å². The van der Waals surface area contributed by atoms with Gasteiger partial charge in [-0.05, 0) is 43.2 Å². The Hall–Kier alpha value is -3.38. The first-order valence-corrected chi connectivity index (χ1v) is 9.70.